The van der Waals surface area contributed by atoms with Crippen molar-refractivity contribution in [2.24, 2.45) is 0 Å². The second kappa shape index (κ2) is 6.80. The van der Waals surface area contributed by atoms with Crippen LogP contribution in [0, 0.1) is 6.92 Å². The van der Waals surface area contributed by atoms with Gasteiger partial charge in [0.2, 0.25) is 6.33 Å². The van der Waals surface area contributed by atoms with Gasteiger partial charge < -0.3 is 4.74 Å². The molecular weight excluding hydrogens is 380 g/mol. The maximum Gasteiger partial charge on any atom is 0.250 e. The van der Waals surface area contributed by atoms with Gasteiger partial charge in [-0.2, -0.15) is 4.57 Å². The molecule has 0 amide bonds. The van der Waals surface area contributed by atoms with E-state index in [1.165, 1.54) is 39.3 Å². The highest BCUT2D eigenvalue weighted by Crippen LogP contribution is 2.37. The third-order valence-corrected chi connectivity index (χ3v) is 7.14. The largest absolute Gasteiger partial charge is 0.364 e. The summed E-state index contributed by atoms with van der Waals surface area (Å²) in [4.78, 5) is 0. The first-order valence-corrected chi connectivity index (χ1v) is 11.5. The van der Waals surface area contributed by atoms with E-state index in [0.29, 0.717) is 6.61 Å². The van der Waals surface area contributed by atoms with Gasteiger partial charge >= 0.3 is 0 Å². The Labute approximate surface area is 186 Å². The van der Waals surface area contributed by atoms with Crippen LogP contribution in [0.3, 0.4) is 0 Å². The summed E-state index contributed by atoms with van der Waals surface area (Å²) in [6, 6.07) is 16.2. The van der Waals surface area contributed by atoms with Crippen LogP contribution < -0.4 is 4.57 Å². The van der Waals surface area contributed by atoms with Gasteiger partial charge in [0, 0.05) is 18.9 Å². The number of benzene rings is 2. The van der Waals surface area contributed by atoms with Gasteiger partial charge in [0.1, 0.15) is 18.4 Å². The zero-order valence-corrected chi connectivity index (χ0v) is 20.0. The average Bonchev–Trinajstić information content (AvgIpc) is 3.24. The molecule has 1 aliphatic carbocycles. The van der Waals surface area contributed by atoms with Crippen LogP contribution >= 0.6 is 0 Å². The van der Waals surface area contributed by atoms with E-state index < -0.39 is 0 Å². The summed E-state index contributed by atoms with van der Waals surface area (Å²) in [5.41, 5.74) is 9.61. The molecule has 162 valence electrons. The van der Waals surface area contributed by atoms with Gasteiger partial charge in [0.15, 0.2) is 17.4 Å². The highest BCUT2D eigenvalue weighted by molar-refractivity contribution is 5.46. The van der Waals surface area contributed by atoms with Crippen molar-refractivity contribution in [1.82, 2.24) is 4.57 Å². The maximum absolute atomic E-state index is 6.36. The lowest BCUT2D eigenvalue weighted by molar-refractivity contribution is -0.738. The first-order chi connectivity index (χ1) is 14.5. The Bertz CT molecular complexity index is 1120. The van der Waals surface area contributed by atoms with Gasteiger partial charge in [-0.3, -0.25) is 0 Å². The quantitative estimate of drug-likeness (QED) is 0.465. The molecule has 3 heteroatoms. The molecule has 0 saturated carbocycles. The smallest absolute Gasteiger partial charge is 0.250 e. The van der Waals surface area contributed by atoms with E-state index in [0.717, 1.165) is 6.42 Å². The molecule has 2 aromatic carbocycles. The van der Waals surface area contributed by atoms with E-state index in [1.807, 2.05) is 0 Å². The predicted octanol–water partition coefficient (Wildman–Crippen LogP) is 5.71. The summed E-state index contributed by atoms with van der Waals surface area (Å²) in [6.07, 6.45) is 3.56. The van der Waals surface area contributed by atoms with Crippen LogP contribution in [0.25, 0.3) is 5.69 Å². The number of fused-ring (bicyclic) bond motifs is 5. The zero-order chi connectivity index (χ0) is 22.1. The number of rotatable bonds is 1. The lowest BCUT2D eigenvalue weighted by Crippen LogP contribution is -2.51. The van der Waals surface area contributed by atoms with Crippen LogP contribution in [0.4, 0.5) is 0 Å². The molecule has 5 rings (SSSR count). The van der Waals surface area contributed by atoms with Crippen LogP contribution in [0.5, 0.6) is 0 Å². The van der Waals surface area contributed by atoms with Gasteiger partial charge in [0.25, 0.3) is 0 Å². The van der Waals surface area contributed by atoms with Crippen molar-refractivity contribution in [3.05, 3.63) is 82.4 Å². The Kier molecular flexibility index (Phi) is 4.50. The van der Waals surface area contributed by atoms with E-state index >= 15 is 0 Å². The van der Waals surface area contributed by atoms with E-state index in [9.17, 15) is 0 Å². The van der Waals surface area contributed by atoms with Crippen molar-refractivity contribution in [3.63, 3.8) is 0 Å². The Morgan fingerprint density at radius 1 is 0.935 bits per heavy atom. The van der Waals surface area contributed by atoms with E-state index in [2.05, 4.69) is 106 Å². The fourth-order valence-corrected chi connectivity index (χ4v) is 5.10. The minimum atomic E-state index is 0.0996. The molecule has 3 aromatic rings. The molecule has 31 heavy (non-hydrogen) atoms. The van der Waals surface area contributed by atoms with Crippen molar-refractivity contribution >= 4 is 0 Å². The molecular formula is C28H35N2O+. The maximum atomic E-state index is 6.36. The first-order valence-electron chi connectivity index (χ1n) is 11.5. The minimum Gasteiger partial charge on any atom is -0.364 e. The molecule has 1 aliphatic heterocycles. The molecule has 2 atom stereocenters. The van der Waals surface area contributed by atoms with Crippen LogP contribution in [0.15, 0.2) is 48.8 Å². The summed E-state index contributed by atoms with van der Waals surface area (Å²) in [5, 5.41) is 0. The number of ether oxygens (including phenoxy) is 1. The summed E-state index contributed by atoms with van der Waals surface area (Å²) < 4.78 is 11.2. The van der Waals surface area contributed by atoms with Crippen molar-refractivity contribution < 1.29 is 9.30 Å². The predicted molar refractivity (Wildman–Crippen MR) is 125 cm³/mol. The van der Waals surface area contributed by atoms with E-state index in [-0.39, 0.29) is 23.0 Å². The summed E-state index contributed by atoms with van der Waals surface area (Å²) in [5.74, 6) is 0. The molecule has 2 aliphatic rings. The normalized spacial score (nSPS) is 20.4. The average molecular weight is 416 g/mol. The standard InChI is InChI=1S/C28H35N2O/c1-18-24-16-31-25-12-19-10-8-9-11-23(19)26(25)30(24)17-29(18)22-14-20(27(2,3)4)13-21(15-22)28(5,6)7/h8-11,13-15,17,25-26H,12,16H2,1-7H3/q+1/t25-,26+/m0/s1. The van der Waals surface area contributed by atoms with Crippen molar-refractivity contribution in [3.8, 4) is 5.69 Å². The molecule has 0 spiro atoms. The van der Waals surface area contributed by atoms with Crippen molar-refractivity contribution in [2.45, 2.75) is 84.5 Å². The fourth-order valence-electron chi connectivity index (χ4n) is 5.10. The van der Waals surface area contributed by atoms with Gasteiger partial charge in [-0.05, 0) is 39.7 Å². The Morgan fingerprint density at radius 3 is 2.23 bits per heavy atom. The van der Waals surface area contributed by atoms with Crippen LogP contribution in [-0.2, 0) is 28.6 Å². The second-order valence-corrected chi connectivity index (χ2v) is 11.4. The van der Waals surface area contributed by atoms with Gasteiger partial charge in [-0.15, -0.1) is 0 Å². The summed E-state index contributed by atoms with van der Waals surface area (Å²) >= 11 is 0. The van der Waals surface area contributed by atoms with Crippen molar-refractivity contribution in [2.75, 3.05) is 0 Å². The third kappa shape index (κ3) is 3.34. The van der Waals surface area contributed by atoms with Crippen LogP contribution in [-0.4, -0.2) is 10.7 Å². The highest BCUT2D eigenvalue weighted by Gasteiger charge is 2.44. The van der Waals surface area contributed by atoms with Crippen LogP contribution in [0.2, 0.25) is 0 Å². The minimum absolute atomic E-state index is 0.0996. The third-order valence-electron chi connectivity index (χ3n) is 7.14. The lowest BCUT2D eigenvalue weighted by Gasteiger charge is -2.25. The van der Waals surface area contributed by atoms with Gasteiger partial charge in [0.05, 0.1) is 0 Å². The Balaban J connectivity index is 1.68. The second-order valence-electron chi connectivity index (χ2n) is 11.4. The highest BCUT2D eigenvalue weighted by atomic mass is 16.5. The lowest BCUT2D eigenvalue weighted by atomic mass is 9.80. The molecule has 0 N–H and O–H groups in total. The number of aromatic nitrogens is 2. The fraction of sp³-hybridized carbons (Fsp3) is 0.464. The van der Waals surface area contributed by atoms with Gasteiger partial charge in [-0.25, -0.2) is 4.57 Å². The number of imidazole rings is 1. The first kappa shape index (κ1) is 20.5. The van der Waals surface area contributed by atoms with Gasteiger partial charge in [-0.1, -0.05) is 71.9 Å². The van der Waals surface area contributed by atoms with Crippen molar-refractivity contribution in [1.29, 1.82) is 0 Å². The Hall–Kier alpha value is -2.39. The van der Waals surface area contributed by atoms with Crippen LogP contribution in [0.1, 0.15) is 81.2 Å². The molecule has 2 heterocycles. The van der Waals surface area contributed by atoms with E-state index in [4.69, 9.17) is 4.74 Å². The molecule has 0 unspecified atom stereocenters. The zero-order valence-electron chi connectivity index (χ0n) is 20.0. The topological polar surface area (TPSA) is 18.0 Å². The number of nitrogens with zero attached hydrogens (tertiary/aromatic N) is 2. The molecule has 0 saturated heterocycles. The molecule has 3 nitrogen and oxygen atoms in total. The molecule has 1 aromatic heterocycles. The Morgan fingerprint density at radius 2 is 1.58 bits per heavy atom. The van der Waals surface area contributed by atoms with E-state index in [1.54, 1.807) is 0 Å². The monoisotopic (exact) mass is 415 g/mol. The number of hydrogen-bond acceptors (Lipinski definition) is 1. The SMILES string of the molecule is Cc1c2[n+](cn1-c1cc(C(C)(C)C)cc(C(C)(C)C)c1)[C@@H]1c3ccccc3C[C@@H]1OC2. The molecule has 0 fully saturated rings. The molecule has 0 radical (unpaired) electrons. The summed E-state index contributed by atoms with van der Waals surface area (Å²) in [7, 11) is 0. The summed E-state index contributed by atoms with van der Waals surface area (Å²) in [6.45, 7) is 16.7. The molecule has 0 bridgehead atoms. The number of hydrogen-bond donors (Lipinski definition) is 0.